The summed E-state index contributed by atoms with van der Waals surface area (Å²) in [5, 5.41) is 11.4. The van der Waals surface area contributed by atoms with Gasteiger partial charge in [0.15, 0.2) is 5.78 Å². The molecule has 0 aromatic heterocycles. The van der Waals surface area contributed by atoms with Crippen LogP contribution in [0.4, 0.5) is 0 Å². The fourth-order valence-corrected chi connectivity index (χ4v) is 4.60. The molecule has 128 valence electrons. The van der Waals surface area contributed by atoms with Gasteiger partial charge in [0.05, 0.1) is 11.6 Å². The molecule has 0 bridgehead atoms. The maximum Gasteiger partial charge on any atom is 0.167 e. The van der Waals surface area contributed by atoms with Crippen LogP contribution in [0.5, 0.6) is 0 Å². The van der Waals surface area contributed by atoms with Crippen LogP contribution in [-0.2, 0) is 0 Å². The number of piperidine rings is 1. The SMILES string of the molecule is N#Cc1cc(C(=O)C2CCCN(C3CCCC3)C2)cc2ccccc12. The van der Waals surface area contributed by atoms with E-state index in [0.29, 0.717) is 17.2 Å². The van der Waals surface area contributed by atoms with E-state index in [1.807, 2.05) is 30.3 Å². The molecule has 0 amide bonds. The summed E-state index contributed by atoms with van der Waals surface area (Å²) in [5.41, 5.74) is 1.30. The summed E-state index contributed by atoms with van der Waals surface area (Å²) in [6.45, 7) is 2.02. The highest BCUT2D eigenvalue weighted by molar-refractivity contribution is 6.03. The third kappa shape index (κ3) is 3.19. The monoisotopic (exact) mass is 332 g/mol. The van der Waals surface area contributed by atoms with Crippen molar-refractivity contribution in [1.82, 2.24) is 4.90 Å². The Morgan fingerprint density at radius 3 is 2.68 bits per heavy atom. The summed E-state index contributed by atoms with van der Waals surface area (Å²) in [6.07, 6.45) is 7.30. The van der Waals surface area contributed by atoms with E-state index in [1.54, 1.807) is 6.07 Å². The molecular weight excluding hydrogens is 308 g/mol. The van der Waals surface area contributed by atoms with Gasteiger partial charge in [-0.2, -0.15) is 5.26 Å². The van der Waals surface area contributed by atoms with E-state index in [0.717, 1.165) is 36.7 Å². The van der Waals surface area contributed by atoms with E-state index in [2.05, 4.69) is 11.0 Å². The fraction of sp³-hybridized carbons (Fsp3) is 0.455. The second-order valence-corrected chi connectivity index (χ2v) is 7.49. The lowest BCUT2D eigenvalue weighted by Gasteiger charge is -2.36. The molecular formula is C22H24N2O. The molecule has 2 aromatic carbocycles. The molecule has 1 aliphatic heterocycles. The van der Waals surface area contributed by atoms with Gasteiger partial charge in [0.2, 0.25) is 0 Å². The molecule has 0 N–H and O–H groups in total. The smallest absolute Gasteiger partial charge is 0.167 e. The van der Waals surface area contributed by atoms with Crippen molar-refractivity contribution < 1.29 is 4.79 Å². The first-order valence-electron chi connectivity index (χ1n) is 9.47. The van der Waals surface area contributed by atoms with Crippen LogP contribution in [-0.4, -0.2) is 29.8 Å². The average molecular weight is 332 g/mol. The van der Waals surface area contributed by atoms with Gasteiger partial charge >= 0.3 is 0 Å². The number of fused-ring (bicyclic) bond motifs is 1. The summed E-state index contributed by atoms with van der Waals surface area (Å²) in [5.74, 6) is 0.284. The van der Waals surface area contributed by atoms with E-state index >= 15 is 0 Å². The van der Waals surface area contributed by atoms with Crippen LogP contribution in [0, 0.1) is 17.2 Å². The number of likely N-dealkylation sites (tertiary alicyclic amines) is 1. The Bertz CT molecular complexity index is 830. The minimum Gasteiger partial charge on any atom is -0.300 e. The molecule has 1 unspecified atom stereocenters. The van der Waals surface area contributed by atoms with Crippen LogP contribution in [0.3, 0.4) is 0 Å². The highest BCUT2D eigenvalue weighted by Gasteiger charge is 2.31. The minimum atomic E-state index is 0.0713. The molecule has 1 heterocycles. The third-order valence-corrected chi connectivity index (χ3v) is 5.93. The number of Topliss-reactive ketones (excluding diaryl/α,β-unsaturated/α-hetero) is 1. The number of ketones is 1. The lowest BCUT2D eigenvalue weighted by Crippen LogP contribution is -2.43. The first kappa shape index (κ1) is 16.3. The van der Waals surface area contributed by atoms with Crippen LogP contribution >= 0.6 is 0 Å². The van der Waals surface area contributed by atoms with Crippen molar-refractivity contribution >= 4 is 16.6 Å². The maximum absolute atomic E-state index is 13.1. The van der Waals surface area contributed by atoms with Crippen molar-refractivity contribution in [3.05, 3.63) is 47.5 Å². The van der Waals surface area contributed by atoms with Crippen LogP contribution in [0.25, 0.3) is 10.8 Å². The van der Waals surface area contributed by atoms with E-state index in [1.165, 1.54) is 25.7 Å². The molecule has 4 rings (SSSR count). The van der Waals surface area contributed by atoms with Gasteiger partial charge in [-0.1, -0.05) is 37.1 Å². The van der Waals surface area contributed by atoms with Crippen LogP contribution in [0.1, 0.15) is 54.4 Å². The van der Waals surface area contributed by atoms with Crippen molar-refractivity contribution in [3.8, 4) is 6.07 Å². The van der Waals surface area contributed by atoms with Crippen molar-refractivity contribution in [2.75, 3.05) is 13.1 Å². The molecule has 1 aliphatic carbocycles. The van der Waals surface area contributed by atoms with Gasteiger partial charge in [0.1, 0.15) is 0 Å². The number of benzene rings is 2. The Kier molecular flexibility index (Phi) is 4.55. The summed E-state index contributed by atoms with van der Waals surface area (Å²) in [4.78, 5) is 15.7. The molecule has 2 fully saturated rings. The Hall–Kier alpha value is -2.18. The Morgan fingerprint density at radius 2 is 1.88 bits per heavy atom. The second-order valence-electron chi connectivity index (χ2n) is 7.49. The number of carbonyl (C=O) groups excluding carboxylic acids is 1. The molecule has 2 aliphatic rings. The Labute approximate surface area is 149 Å². The number of rotatable bonds is 3. The van der Waals surface area contributed by atoms with Crippen molar-refractivity contribution in [1.29, 1.82) is 5.26 Å². The van der Waals surface area contributed by atoms with Gasteiger partial charge in [-0.05, 0) is 55.1 Å². The number of hydrogen-bond donors (Lipinski definition) is 0. The predicted molar refractivity (Wildman–Crippen MR) is 99.5 cm³/mol. The normalized spacial score (nSPS) is 22.1. The van der Waals surface area contributed by atoms with Gasteiger partial charge < -0.3 is 0 Å². The quantitative estimate of drug-likeness (QED) is 0.775. The zero-order valence-electron chi connectivity index (χ0n) is 14.6. The molecule has 0 spiro atoms. The molecule has 0 radical (unpaired) electrons. The lowest BCUT2D eigenvalue weighted by atomic mass is 9.87. The van der Waals surface area contributed by atoms with Crippen LogP contribution < -0.4 is 0 Å². The largest absolute Gasteiger partial charge is 0.300 e. The fourth-order valence-electron chi connectivity index (χ4n) is 4.60. The van der Waals surface area contributed by atoms with Crippen LogP contribution in [0.2, 0.25) is 0 Å². The molecule has 1 saturated carbocycles. The van der Waals surface area contributed by atoms with Gasteiger partial charge in [-0.3, -0.25) is 9.69 Å². The summed E-state index contributed by atoms with van der Waals surface area (Å²) in [6, 6.07) is 14.5. The van der Waals surface area contributed by atoms with E-state index in [-0.39, 0.29) is 11.7 Å². The topological polar surface area (TPSA) is 44.1 Å². The molecule has 25 heavy (non-hydrogen) atoms. The van der Waals surface area contributed by atoms with E-state index < -0.39 is 0 Å². The van der Waals surface area contributed by atoms with Gasteiger partial charge in [-0.15, -0.1) is 0 Å². The molecule has 3 nitrogen and oxygen atoms in total. The first-order chi connectivity index (χ1) is 12.3. The van der Waals surface area contributed by atoms with Gasteiger partial charge in [-0.25, -0.2) is 0 Å². The zero-order chi connectivity index (χ0) is 17.2. The number of carbonyl (C=O) groups is 1. The standard InChI is InChI=1S/C22H24N2O/c23-14-19-13-18(12-16-6-1-4-10-21(16)19)22(25)17-7-5-11-24(15-17)20-8-2-3-9-20/h1,4,6,10,12-13,17,20H,2-3,5,7-9,11,15H2. The van der Waals surface area contributed by atoms with Crippen molar-refractivity contribution in [2.24, 2.45) is 5.92 Å². The van der Waals surface area contributed by atoms with Gasteiger partial charge in [0, 0.05) is 24.1 Å². The molecule has 3 heteroatoms. The van der Waals surface area contributed by atoms with Crippen LogP contribution in [0.15, 0.2) is 36.4 Å². The summed E-state index contributed by atoms with van der Waals surface area (Å²) < 4.78 is 0. The predicted octanol–water partition coefficient (Wildman–Crippen LogP) is 4.55. The lowest BCUT2D eigenvalue weighted by molar-refractivity contribution is 0.0757. The maximum atomic E-state index is 13.1. The Balaban J connectivity index is 1.60. The average Bonchev–Trinajstić information content (AvgIpc) is 3.21. The molecule has 1 saturated heterocycles. The van der Waals surface area contributed by atoms with E-state index in [4.69, 9.17) is 0 Å². The number of hydrogen-bond acceptors (Lipinski definition) is 3. The second kappa shape index (κ2) is 6.98. The highest BCUT2D eigenvalue weighted by atomic mass is 16.1. The minimum absolute atomic E-state index is 0.0713. The molecule has 2 aromatic rings. The van der Waals surface area contributed by atoms with Gasteiger partial charge in [0.25, 0.3) is 0 Å². The summed E-state index contributed by atoms with van der Waals surface area (Å²) in [7, 11) is 0. The number of nitrogens with zero attached hydrogens (tertiary/aromatic N) is 2. The Morgan fingerprint density at radius 1 is 1.08 bits per heavy atom. The zero-order valence-corrected chi connectivity index (χ0v) is 14.6. The first-order valence-corrected chi connectivity index (χ1v) is 9.47. The highest BCUT2D eigenvalue weighted by Crippen LogP contribution is 2.30. The molecule has 1 atom stereocenters. The van der Waals surface area contributed by atoms with Crippen molar-refractivity contribution in [2.45, 2.75) is 44.6 Å². The summed E-state index contributed by atoms with van der Waals surface area (Å²) >= 11 is 0. The third-order valence-electron chi connectivity index (χ3n) is 5.93. The van der Waals surface area contributed by atoms with E-state index in [9.17, 15) is 10.1 Å². The number of nitriles is 1. The van der Waals surface area contributed by atoms with Crippen molar-refractivity contribution in [3.63, 3.8) is 0 Å².